The summed E-state index contributed by atoms with van der Waals surface area (Å²) in [5, 5.41) is 0. The number of hydrogen-bond donors (Lipinski definition) is 0. The summed E-state index contributed by atoms with van der Waals surface area (Å²) in [5.74, 6) is 2.01. The van der Waals surface area contributed by atoms with Gasteiger partial charge in [0.1, 0.15) is 0 Å². The van der Waals surface area contributed by atoms with Crippen molar-refractivity contribution in [2.45, 2.75) is 39.0 Å². The standard InChI is InChI=1S/C32H30N4O.Pt/c1-32(2,3)24-16-17-33-31(19-24)35-18-8-9-23-14-15-27(21-30(23)35)37-26-11-7-10-25(20-26)36-22-34(4)28-12-5-6-13-29(28)36;/h5-7,10-17,19H,8-9,18H2,1-4H3;/q-2;/i4D3;. The Morgan fingerprint density at radius 1 is 0.974 bits per heavy atom. The average Bonchev–Trinajstić information content (AvgIpc) is 3.24. The first-order chi connectivity index (χ1) is 19.5. The van der Waals surface area contributed by atoms with Gasteiger partial charge in [0, 0.05) is 6.20 Å². The Kier molecular flexibility index (Phi) is 5.49. The van der Waals surface area contributed by atoms with Gasteiger partial charge in [0.15, 0.2) is 0 Å². The summed E-state index contributed by atoms with van der Waals surface area (Å²) in [5.41, 5.74) is 5.56. The molecule has 0 atom stereocenters. The Hall–Kier alpha value is -3.43. The van der Waals surface area contributed by atoms with E-state index in [1.165, 1.54) is 15.7 Å². The normalized spacial score (nSPS) is 15.1. The Balaban J connectivity index is 1.36. The van der Waals surface area contributed by atoms with E-state index in [1.54, 1.807) is 0 Å². The first-order valence-electron chi connectivity index (χ1n) is 14.2. The molecule has 196 valence electrons. The molecule has 0 saturated carbocycles. The van der Waals surface area contributed by atoms with Gasteiger partial charge in [-0.05, 0) is 17.0 Å². The predicted molar refractivity (Wildman–Crippen MR) is 148 cm³/mol. The molecule has 6 heteroatoms. The average molecular weight is 685 g/mol. The molecule has 6 rings (SSSR count). The summed E-state index contributed by atoms with van der Waals surface area (Å²) in [6.45, 7) is 5.16. The third kappa shape index (κ3) is 4.54. The number of aromatic nitrogens is 3. The van der Waals surface area contributed by atoms with Gasteiger partial charge < -0.3 is 0 Å². The quantitative estimate of drug-likeness (QED) is 0.188. The van der Waals surface area contributed by atoms with Gasteiger partial charge in [-0.15, -0.1) is 0 Å². The second-order valence-electron chi connectivity index (χ2n) is 10.5. The maximum atomic E-state index is 8.09. The van der Waals surface area contributed by atoms with Crippen molar-refractivity contribution >= 4 is 22.5 Å². The number of para-hydroxylation sites is 2. The van der Waals surface area contributed by atoms with E-state index in [0.29, 0.717) is 26.5 Å². The first kappa shape index (κ1) is 21.5. The summed E-state index contributed by atoms with van der Waals surface area (Å²) in [6, 6.07) is 28.3. The van der Waals surface area contributed by atoms with Crippen LogP contribution in [0.5, 0.6) is 11.5 Å². The molecule has 1 aliphatic heterocycles. The Morgan fingerprint density at radius 3 is 2.61 bits per heavy atom. The minimum absolute atomic E-state index is 0.0253. The maximum absolute atomic E-state index is 8.09. The molecule has 3 heterocycles. The van der Waals surface area contributed by atoms with Gasteiger partial charge in [-0.2, -0.15) is 0 Å². The van der Waals surface area contributed by atoms with E-state index in [2.05, 4.69) is 75.4 Å². The second kappa shape index (κ2) is 9.71. The van der Waals surface area contributed by atoms with Crippen LogP contribution in [0.2, 0.25) is 0 Å². The Labute approximate surface area is 239 Å². The number of pyridine rings is 1. The SMILES string of the molecule is [2H]C([2H])([2H])n1[c](=[Pt])n(-c2[c-]c(Oc3[c-]c4c(cc3)CCCN4c3cc(C(C)(C)C)ccn3)ccc2)c2ccccc21. The molecule has 0 fully saturated rings. The van der Waals surface area contributed by atoms with Gasteiger partial charge in [-0.1, -0.05) is 20.8 Å². The fraction of sp³-hybridized carbons (Fsp3) is 0.250. The molecule has 2 aromatic heterocycles. The number of imidazole rings is 1. The fourth-order valence-corrected chi connectivity index (χ4v) is 5.71. The van der Waals surface area contributed by atoms with Crippen molar-refractivity contribution in [1.82, 2.24) is 14.1 Å². The summed E-state index contributed by atoms with van der Waals surface area (Å²) in [4.78, 5) is 6.93. The molecule has 0 unspecified atom stereocenters. The molecule has 0 spiro atoms. The van der Waals surface area contributed by atoms with Crippen LogP contribution in [-0.2, 0) is 38.2 Å². The molecule has 5 aromatic rings. The van der Waals surface area contributed by atoms with Gasteiger partial charge in [-0.25, -0.2) is 0 Å². The number of aryl methyl sites for hydroxylation is 2. The van der Waals surface area contributed by atoms with E-state index >= 15 is 0 Å². The molecule has 0 radical (unpaired) electrons. The Morgan fingerprint density at radius 2 is 1.79 bits per heavy atom. The number of anilines is 2. The van der Waals surface area contributed by atoms with Gasteiger partial charge in [0.05, 0.1) is 0 Å². The van der Waals surface area contributed by atoms with Crippen LogP contribution in [0.15, 0.2) is 72.9 Å². The van der Waals surface area contributed by atoms with Crippen molar-refractivity contribution in [2.24, 2.45) is 6.98 Å². The monoisotopic (exact) mass is 684 g/mol. The van der Waals surface area contributed by atoms with Crippen molar-refractivity contribution in [1.29, 1.82) is 0 Å². The summed E-state index contributed by atoms with van der Waals surface area (Å²) >= 11 is 2.06. The van der Waals surface area contributed by atoms with Crippen LogP contribution in [0.1, 0.15) is 42.4 Å². The first-order valence-corrected chi connectivity index (χ1v) is 13.8. The summed E-state index contributed by atoms with van der Waals surface area (Å²) in [7, 11) is 0. The molecule has 0 saturated heterocycles. The summed E-state index contributed by atoms with van der Waals surface area (Å²) < 4.78 is 34.4. The van der Waals surface area contributed by atoms with E-state index in [9.17, 15) is 0 Å². The molecule has 38 heavy (non-hydrogen) atoms. The molecule has 0 aliphatic carbocycles. The van der Waals surface area contributed by atoms with Crippen LogP contribution in [0.4, 0.5) is 11.5 Å². The van der Waals surface area contributed by atoms with E-state index in [1.807, 2.05) is 59.3 Å². The molecular formula is C32H30N4OPt-2. The second-order valence-corrected chi connectivity index (χ2v) is 11.5. The van der Waals surface area contributed by atoms with Crippen molar-refractivity contribution in [3.05, 3.63) is 100.0 Å². The molecule has 0 amide bonds. The zero-order chi connectivity index (χ0) is 28.9. The number of ether oxygens (including phenoxy) is 1. The van der Waals surface area contributed by atoms with Crippen LogP contribution in [0, 0.1) is 15.9 Å². The van der Waals surface area contributed by atoms with Crippen LogP contribution in [-0.4, -0.2) is 20.7 Å². The van der Waals surface area contributed by atoms with Gasteiger partial charge in [0.2, 0.25) is 0 Å². The van der Waals surface area contributed by atoms with Crippen LogP contribution < -0.4 is 9.64 Å². The summed E-state index contributed by atoms with van der Waals surface area (Å²) in [6.07, 6.45) is 3.90. The predicted octanol–water partition coefficient (Wildman–Crippen LogP) is 7.22. The van der Waals surface area contributed by atoms with Crippen molar-refractivity contribution < 1.29 is 28.2 Å². The molecule has 1 aliphatic rings. The van der Waals surface area contributed by atoms with Crippen molar-refractivity contribution in [3.8, 4) is 17.2 Å². The van der Waals surface area contributed by atoms with E-state index in [0.717, 1.165) is 36.4 Å². The van der Waals surface area contributed by atoms with Gasteiger partial charge in [0.25, 0.3) is 0 Å². The van der Waals surface area contributed by atoms with Gasteiger partial charge >= 0.3 is 195 Å². The molecule has 5 nitrogen and oxygen atoms in total. The van der Waals surface area contributed by atoms with Crippen LogP contribution >= 0.6 is 0 Å². The third-order valence-corrected chi connectivity index (χ3v) is 7.90. The molecular weight excluding hydrogens is 651 g/mol. The topological polar surface area (TPSA) is 35.2 Å². The molecule has 0 bridgehead atoms. The van der Waals surface area contributed by atoms with Gasteiger partial charge in [-0.3, -0.25) is 0 Å². The fourth-order valence-electron chi connectivity index (χ4n) is 4.89. The zero-order valence-corrected chi connectivity index (χ0v) is 23.8. The van der Waals surface area contributed by atoms with Crippen molar-refractivity contribution in [2.75, 3.05) is 11.4 Å². The number of rotatable bonds is 4. The van der Waals surface area contributed by atoms with E-state index in [-0.39, 0.29) is 5.41 Å². The van der Waals surface area contributed by atoms with Crippen molar-refractivity contribution in [3.63, 3.8) is 0 Å². The van der Waals surface area contributed by atoms with E-state index < -0.39 is 6.98 Å². The van der Waals surface area contributed by atoms with Crippen LogP contribution in [0.25, 0.3) is 16.7 Å². The molecule has 0 N–H and O–H groups in total. The van der Waals surface area contributed by atoms with Crippen LogP contribution in [0.3, 0.4) is 0 Å². The van der Waals surface area contributed by atoms with E-state index in [4.69, 9.17) is 13.8 Å². The number of nitrogens with zero attached hydrogens (tertiary/aromatic N) is 4. The minimum atomic E-state index is -2.32. The zero-order valence-electron chi connectivity index (χ0n) is 24.6. The Bertz CT molecular complexity index is 1820. The number of hydrogen-bond acceptors (Lipinski definition) is 3. The molecule has 3 aromatic carbocycles. The third-order valence-electron chi connectivity index (χ3n) is 6.89. The number of fused-ring (bicyclic) bond motifs is 2. The number of benzene rings is 3.